The molecule has 7 heteroatoms. The maximum Gasteiger partial charge on any atom is 0.244 e. The Bertz CT molecular complexity index is 910. The second-order valence-corrected chi connectivity index (χ2v) is 6.55. The molecule has 4 rings (SSSR count). The topological polar surface area (TPSA) is 81.9 Å². The summed E-state index contributed by atoms with van der Waals surface area (Å²) in [6.45, 7) is 0.249. The molecule has 1 aliphatic rings. The van der Waals surface area contributed by atoms with Gasteiger partial charge in [0.15, 0.2) is 6.61 Å². The zero-order chi connectivity index (χ0) is 18.5. The van der Waals surface area contributed by atoms with Crippen molar-refractivity contribution in [2.24, 2.45) is 0 Å². The lowest BCUT2D eigenvalue weighted by Crippen LogP contribution is -2.34. The van der Waals surface area contributed by atoms with E-state index in [1.54, 1.807) is 0 Å². The molecule has 0 unspecified atom stereocenters. The van der Waals surface area contributed by atoms with Crippen LogP contribution in [-0.4, -0.2) is 26.1 Å². The largest absolute Gasteiger partial charge is 0.485 e. The summed E-state index contributed by atoms with van der Waals surface area (Å²) >= 11 is 0. The van der Waals surface area contributed by atoms with E-state index >= 15 is 0 Å². The van der Waals surface area contributed by atoms with Crippen molar-refractivity contribution in [3.05, 3.63) is 71.5 Å². The van der Waals surface area contributed by atoms with E-state index in [4.69, 9.17) is 4.74 Å². The van der Waals surface area contributed by atoms with Crippen LogP contribution in [0, 0.1) is 0 Å². The van der Waals surface area contributed by atoms with E-state index in [1.807, 2.05) is 42.5 Å². The molecule has 1 atom stereocenters. The van der Waals surface area contributed by atoms with Crippen molar-refractivity contribution < 1.29 is 9.53 Å². The summed E-state index contributed by atoms with van der Waals surface area (Å²) < 4.78 is 5.59. The number of nitrogens with one attached hydrogen (secondary N) is 1. The highest BCUT2D eigenvalue weighted by Crippen LogP contribution is 2.29. The molecule has 1 aliphatic carbocycles. The average molecular weight is 363 g/mol. The predicted molar refractivity (Wildman–Crippen MR) is 98.9 cm³/mol. The number of hydrogen-bond donors (Lipinski definition) is 1. The number of fused-ring (bicyclic) bond motifs is 1. The number of rotatable bonds is 6. The fourth-order valence-corrected chi connectivity index (χ4v) is 3.34. The summed E-state index contributed by atoms with van der Waals surface area (Å²) in [6.07, 6.45) is 3.09. The van der Waals surface area contributed by atoms with E-state index in [9.17, 15) is 4.79 Å². The summed E-state index contributed by atoms with van der Waals surface area (Å²) in [7, 11) is 0. The Balaban J connectivity index is 1.32. The van der Waals surface area contributed by atoms with Crippen LogP contribution in [0.2, 0.25) is 0 Å². The molecule has 0 fully saturated rings. The van der Waals surface area contributed by atoms with Crippen LogP contribution in [0.25, 0.3) is 0 Å². The Morgan fingerprint density at radius 2 is 1.96 bits per heavy atom. The monoisotopic (exact) mass is 363 g/mol. The maximum atomic E-state index is 12.4. The molecule has 0 aliphatic heterocycles. The van der Waals surface area contributed by atoms with Crippen LogP contribution in [0.3, 0.4) is 0 Å². The van der Waals surface area contributed by atoms with Crippen LogP contribution in [-0.2, 0) is 24.4 Å². The Labute approximate surface area is 157 Å². The number of carbonyl (C=O) groups is 1. The smallest absolute Gasteiger partial charge is 0.244 e. The van der Waals surface area contributed by atoms with Gasteiger partial charge in [-0.1, -0.05) is 42.5 Å². The molecule has 1 heterocycles. The number of para-hydroxylation sites is 1. The molecule has 1 aromatic heterocycles. The van der Waals surface area contributed by atoms with Crippen LogP contribution >= 0.6 is 0 Å². The van der Waals surface area contributed by atoms with Gasteiger partial charge in [0.2, 0.25) is 11.7 Å². The number of benzene rings is 2. The van der Waals surface area contributed by atoms with Gasteiger partial charge in [0.25, 0.3) is 0 Å². The lowest BCUT2D eigenvalue weighted by molar-refractivity contribution is -0.123. The third-order valence-corrected chi connectivity index (χ3v) is 4.60. The Morgan fingerprint density at radius 1 is 1.15 bits per heavy atom. The summed E-state index contributed by atoms with van der Waals surface area (Å²) in [5.74, 6) is 1.06. The first-order valence-corrected chi connectivity index (χ1v) is 9.09. The fraction of sp³-hybridized carbons (Fsp3) is 0.300. The Hall–Kier alpha value is -3.22. The highest BCUT2D eigenvalue weighted by atomic mass is 16.5. The standard InChI is InChI=1S/C20H21N5O2/c26-20(21-18-12-6-8-15-7-4-5-11-17(15)18)13-25-23-19(22-24-25)14-27-16-9-2-1-3-10-16/h1-5,7,9-11,18H,6,8,12-14H2,(H,21,26)/t18-/m0/s1. The molecule has 1 N–H and O–H groups in total. The number of hydrogen-bond acceptors (Lipinski definition) is 5. The molecule has 0 saturated carbocycles. The van der Waals surface area contributed by atoms with Crippen LogP contribution in [0.1, 0.15) is 35.8 Å². The number of carbonyl (C=O) groups excluding carboxylic acids is 1. The third-order valence-electron chi connectivity index (χ3n) is 4.60. The van der Waals surface area contributed by atoms with Crippen molar-refractivity contribution in [1.29, 1.82) is 0 Å². The van der Waals surface area contributed by atoms with Crippen LogP contribution < -0.4 is 10.1 Å². The number of aryl methyl sites for hydroxylation is 1. The molecule has 7 nitrogen and oxygen atoms in total. The molecule has 3 aromatic rings. The highest BCUT2D eigenvalue weighted by molar-refractivity contribution is 5.76. The van der Waals surface area contributed by atoms with Crippen molar-refractivity contribution in [3.63, 3.8) is 0 Å². The Morgan fingerprint density at radius 3 is 2.85 bits per heavy atom. The minimum Gasteiger partial charge on any atom is -0.485 e. The molecule has 0 radical (unpaired) electrons. The van der Waals surface area contributed by atoms with Gasteiger partial charge >= 0.3 is 0 Å². The molecule has 0 spiro atoms. The molecule has 2 aromatic carbocycles. The van der Waals surface area contributed by atoms with E-state index < -0.39 is 0 Å². The highest BCUT2D eigenvalue weighted by Gasteiger charge is 2.21. The molecular weight excluding hydrogens is 342 g/mol. The summed E-state index contributed by atoms with van der Waals surface area (Å²) in [5.41, 5.74) is 2.52. The SMILES string of the molecule is O=C(Cn1nnc(COc2ccccc2)n1)N[C@H]1CCCc2ccccc21. The van der Waals surface area contributed by atoms with E-state index in [-0.39, 0.29) is 25.1 Å². The lowest BCUT2D eigenvalue weighted by atomic mass is 9.88. The van der Waals surface area contributed by atoms with Crippen molar-refractivity contribution >= 4 is 5.91 Å². The van der Waals surface area contributed by atoms with E-state index in [2.05, 4.69) is 32.9 Å². The first kappa shape index (κ1) is 17.2. The molecular formula is C20H21N5O2. The van der Waals surface area contributed by atoms with Gasteiger partial charge in [-0.05, 0) is 47.7 Å². The van der Waals surface area contributed by atoms with Gasteiger partial charge in [0.05, 0.1) is 6.04 Å². The van der Waals surface area contributed by atoms with E-state index in [0.29, 0.717) is 5.82 Å². The number of aromatic nitrogens is 4. The van der Waals surface area contributed by atoms with Crippen LogP contribution in [0.5, 0.6) is 5.75 Å². The second kappa shape index (κ2) is 7.99. The lowest BCUT2D eigenvalue weighted by Gasteiger charge is -2.26. The number of nitrogens with zero attached hydrogens (tertiary/aromatic N) is 4. The second-order valence-electron chi connectivity index (χ2n) is 6.55. The molecule has 0 bridgehead atoms. The maximum absolute atomic E-state index is 12.4. The fourth-order valence-electron chi connectivity index (χ4n) is 3.34. The zero-order valence-electron chi connectivity index (χ0n) is 14.9. The quantitative estimate of drug-likeness (QED) is 0.727. The minimum absolute atomic E-state index is 0.0387. The van der Waals surface area contributed by atoms with Gasteiger partial charge in [0.1, 0.15) is 12.3 Å². The van der Waals surface area contributed by atoms with Crippen molar-refractivity contribution in [3.8, 4) is 5.75 Å². The predicted octanol–water partition coefficient (Wildman–Crippen LogP) is 2.45. The first-order chi connectivity index (χ1) is 13.3. The number of amides is 1. The van der Waals surface area contributed by atoms with Gasteiger partial charge in [-0.15, -0.1) is 10.2 Å². The van der Waals surface area contributed by atoms with E-state index in [1.165, 1.54) is 15.9 Å². The van der Waals surface area contributed by atoms with Crippen molar-refractivity contribution in [2.45, 2.75) is 38.5 Å². The minimum atomic E-state index is -0.121. The number of tetrazole rings is 1. The summed E-state index contributed by atoms with van der Waals surface area (Å²) in [6, 6.07) is 17.8. The normalized spacial score (nSPS) is 15.8. The third kappa shape index (κ3) is 4.31. The molecule has 1 amide bonds. The summed E-state index contributed by atoms with van der Waals surface area (Å²) in [4.78, 5) is 13.7. The van der Waals surface area contributed by atoms with Gasteiger partial charge in [-0.3, -0.25) is 4.79 Å². The van der Waals surface area contributed by atoms with Crippen molar-refractivity contribution in [1.82, 2.24) is 25.5 Å². The molecule has 0 saturated heterocycles. The average Bonchev–Trinajstić information content (AvgIpc) is 3.15. The van der Waals surface area contributed by atoms with E-state index in [0.717, 1.165) is 25.0 Å². The molecule has 27 heavy (non-hydrogen) atoms. The number of ether oxygens (including phenoxy) is 1. The van der Waals surface area contributed by atoms with Crippen LogP contribution in [0.15, 0.2) is 54.6 Å². The van der Waals surface area contributed by atoms with Gasteiger partial charge in [-0.25, -0.2) is 0 Å². The van der Waals surface area contributed by atoms with Gasteiger partial charge in [-0.2, -0.15) is 4.80 Å². The van der Waals surface area contributed by atoms with Gasteiger partial charge in [0, 0.05) is 0 Å². The zero-order valence-corrected chi connectivity index (χ0v) is 14.9. The Kier molecular flexibility index (Phi) is 5.09. The van der Waals surface area contributed by atoms with Gasteiger partial charge < -0.3 is 10.1 Å². The first-order valence-electron chi connectivity index (χ1n) is 9.09. The molecule has 138 valence electrons. The van der Waals surface area contributed by atoms with Crippen molar-refractivity contribution in [2.75, 3.05) is 0 Å². The van der Waals surface area contributed by atoms with Crippen LogP contribution in [0.4, 0.5) is 0 Å². The summed E-state index contributed by atoms with van der Waals surface area (Å²) in [5, 5.41) is 15.2.